The van der Waals surface area contributed by atoms with Gasteiger partial charge >= 0.3 is 13.1 Å². The number of aliphatic carboxylic acids is 1. The Kier molecular flexibility index (Phi) is 3.94. The van der Waals surface area contributed by atoms with Crippen LogP contribution in [0.5, 0.6) is 0 Å². The third kappa shape index (κ3) is 2.52. The molecule has 1 aromatic rings. The van der Waals surface area contributed by atoms with Gasteiger partial charge < -0.3 is 20.9 Å². The van der Waals surface area contributed by atoms with Crippen molar-refractivity contribution in [1.29, 1.82) is 0 Å². The Hall–Kier alpha value is -1.37. The van der Waals surface area contributed by atoms with Gasteiger partial charge in [0, 0.05) is 0 Å². The van der Waals surface area contributed by atoms with Crippen LogP contribution in [0.2, 0.25) is 6.32 Å². The van der Waals surface area contributed by atoms with Crippen LogP contribution in [0.3, 0.4) is 0 Å². The van der Waals surface area contributed by atoms with Gasteiger partial charge in [-0.15, -0.1) is 0 Å². The van der Waals surface area contributed by atoms with E-state index in [4.69, 9.17) is 15.8 Å². The minimum atomic E-state index is -1.36. The Labute approximate surface area is 112 Å². The zero-order chi connectivity index (χ0) is 14.0. The molecule has 0 spiro atoms. The fourth-order valence-electron chi connectivity index (χ4n) is 2.91. The molecule has 6 heteroatoms. The van der Waals surface area contributed by atoms with Crippen LogP contribution in [0.15, 0.2) is 24.3 Å². The lowest BCUT2D eigenvalue weighted by Crippen LogP contribution is -2.48. The van der Waals surface area contributed by atoms with Gasteiger partial charge in [-0.05, 0) is 36.2 Å². The molecule has 0 fully saturated rings. The van der Waals surface area contributed by atoms with Crippen LogP contribution in [-0.2, 0) is 16.8 Å². The Morgan fingerprint density at radius 2 is 2.11 bits per heavy atom. The first-order valence-electron chi connectivity index (χ1n) is 6.43. The van der Waals surface area contributed by atoms with E-state index >= 15 is 0 Å². The first-order valence-corrected chi connectivity index (χ1v) is 6.43. The number of nitrogens with two attached hydrogens (primary N) is 1. The quantitative estimate of drug-likeness (QED) is 0.574. The zero-order valence-electron chi connectivity index (χ0n) is 10.6. The minimum absolute atomic E-state index is 0.207. The molecule has 2 atom stereocenters. The number of fused-ring (bicyclic) bond motifs is 1. The molecular formula is C13H18BNO4. The summed E-state index contributed by atoms with van der Waals surface area (Å²) in [6, 6.07) is 7.34. The van der Waals surface area contributed by atoms with Gasteiger partial charge in [-0.2, -0.15) is 0 Å². The largest absolute Gasteiger partial charge is 0.480 e. The topological polar surface area (TPSA) is 104 Å². The number of rotatable bonds is 5. The lowest BCUT2D eigenvalue weighted by Gasteiger charge is -2.28. The predicted molar refractivity (Wildman–Crippen MR) is 71.4 cm³/mol. The van der Waals surface area contributed by atoms with Crippen molar-refractivity contribution in [2.24, 2.45) is 11.7 Å². The van der Waals surface area contributed by atoms with Crippen LogP contribution in [0.25, 0.3) is 0 Å². The fourth-order valence-corrected chi connectivity index (χ4v) is 2.91. The number of benzene rings is 1. The standard InChI is InChI=1S/C13H18BNO4/c15-13(12(16)17)10(5-3-7-14(18)19)8-9-4-1-2-6-11(9)13/h1-2,4,6,10,18-19H,3,5,7-8,15H2,(H,16,17)/t10-,13+/m0/s1. The lowest BCUT2D eigenvalue weighted by molar-refractivity contribution is -0.145. The van der Waals surface area contributed by atoms with E-state index in [1.54, 1.807) is 12.1 Å². The summed E-state index contributed by atoms with van der Waals surface area (Å²) in [6.45, 7) is 0. The average molecular weight is 263 g/mol. The summed E-state index contributed by atoms with van der Waals surface area (Å²) in [7, 11) is -1.35. The summed E-state index contributed by atoms with van der Waals surface area (Å²) in [6.07, 6.45) is 1.97. The highest BCUT2D eigenvalue weighted by atomic mass is 16.4. The summed E-state index contributed by atoms with van der Waals surface area (Å²) < 4.78 is 0. The van der Waals surface area contributed by atoms with Gasteiger partial charge in [0.2, 0.25) is 0 Å². The molecule has 1 aliphatic rings. The molecule has 0 bridgehead atoms. The van der Waals surface area contributed by atoms with Crippen LogP contribution in [-0.4, -0.2) is 28.2 Å². The second-order valence-corrected chi connectivity index (χ2v) is 5.14. The van der Waals surface area contributed by atoms with Crippen molar-refractivity contribution in [3.63, 3.8) is 0 Å². The molecule has 0 radical (unpaired) electrons. The van der Waals surface area contributed by atoms with Crippen LogP contribution >= 0.6 is 0 Å². The Morgan fingerprint density at radius 1 is 1.42 bits per heavy atom. The van der Waals surface area contributed by atoms with E-state index in [0.717, 1.165) is 5.56 Å². The van der Waals surface area contributed by atoms with E-state index in [2.05, 4.69) is 0 Å². The van der Waals surface area contributed by atoms with Gasteiger partial charge in [0.25, 0.3) is 0 Å². The van der Waals surface area contributed by atoms with Gasteiger partial charge in [-0.1, -0.05) is 30.7 Å². The van der Waals surface area contributed by atoms with E-state index < -0.39 is 18.6 Å². The molecule has 19 heavy (non-hydrogen) atoms. The lowest BCUT2D eigenvalue weighted by atomic mass is 9.77. The molecular weight excluding hydrogens is 245 g/mol. The first-order chi connectivity index (χ1) is 8.96. The number of carbonyl (C=O) groups is 1. The normalized spacial score (nSPS) is 25.1. The smallest absolute Gasteiger partial charge is 0.451 e. The first kappa shape index (κ1) is 14.1. The Balaban J connectivity index is 2.20. The van der Waals surface area contributed by atoms with E-state index in [9.17, 15) is 9.90 Å². The van der Waals surface area contributed by atoms with Crippen molar-refractivity contribution < 1.29 is 19.9 Å². The van der Waals surface area contributed by atoms with Gasteiger partial charge in [0.15, 0.2) is 0 Å². The molecule has 0 saturated carbocycles. The highest BCUT2D eigenvalue weighted by molar-refractivity contribution is 6.40. The van der Waals surface area contributed by atoms with Crippen LogP contribution < -0.4 is 5.73 Å². The molecule has 0 amide bonds. The molecule has 0 heterocycles. The maximum Gasteiger partial charge on any atom is 0.451 e. The van der Waals surface area contributed by atoms with Crippen LogP contribution in [0.1, 0.15) is 24.0 Å². The van der Waals surface area contributed by atoms with Crippen molar-refractivity contribution in [2.45, 2.75) is 31.1 Å². The van der Waals surface area contributed by atoms with E-state index in [1.807, 2.05) is 12.1 Å². The number of hydrogen-bond acceptors (Lipinski definition) is 4. The van der Waals surface area contributed by atoms with E-state index in [1.165, 1.54) is 0 Å². The molecule has 5 nitrogen and oxygen atoms in total. The van der Waals surface area contributed by atoms with Crippen molar-refractivity contribution in [3.05, 3.63) is 35.4 Å². The van der Waals surface area contributed by atoms with Gasteiger partial charge in [-0.25, -0.2) is 4.79 Å². The summed E-state index contributed by atoms with van der Waals surface area (Å²) in [5.74, 6) is -1.23. The second-order valence-electron chi connectivity index (χ2n) is 5.14. The van der Waals surface area contributed by atoms with Crippen molar-refractivity contribution in [2.75, 3.05) is 0 Å². The number of carboxylic acids is 1. The molecule has 0 saturated heterocycles. The van der Waals surface area contributed by atoms with Crippen molar-refractivity contribution >= 4 is 13.1 Å². The average Bonchev–Trinajstić information content (AvgIpc) is 2.64. The molecule has 0 aromatic heterocycles. The molecule has 102 valence electrons. The molecule has 2 rings (SSSR count). The maximum absolute atomic E-state index is 11.6. The van der Waals surface area contributed by atoms with Gasteiger partial charge in [0.1, 0.15) is 5.54 Å². The van der Waals surface area contributed by atoms with E-state index in [-0.39, 0.29) is 12.2 Å². The monoisotopic (exact) mass is 263 g/mol. The van der Waals surface area contributed by atoms with Crippen molar-refractivity contribution in [3.8, 4) is 0 Å². The number of carboxylic acid groups (broad SMARTS) is 1. The highest BCUT2D eigenvalue weighted by Crippen LogP contribution is 2.42. The molecule has 0 aliphatic heterocycles. The summed E-state index contributed by atoms with van der Waals surface area (Å²) >= 11 is 0. The third-order valence-electron chi connectivity index (χ3n) is 3.94. The highest BCUT2D eigenvalue weighted by Gasteiger charge is 2.49. The van der Waals surface area contributed by atoms with Crippen LogP contribution in [0.4, 0.5) is 0 Å². The van der Waals surface area contributed by atoms with E-state index in [0.29, 0.717) is 24.8 Å². The van der Waals surface area contributed by atoms with Crippen LogP contribution in [0, 0.1) is 5.92 Å². The summed E-state index contributed by atoms with van der Waals surface area (Å²) in [5.41, 5.74) is 6.44. The summed E-state index contributed by atoms with van der Waals surface area (Å²) in [5, 5.41) is 27.2. The molecule has 5 N–H and O–H groups in total. The second kappa shape index (κ2) is 5.32. The molecule has 1 aromatic carbocycles. The predicted octanol–water partition coefficient (Wildman–Crippen LogP) is 0.350. The Morgan fingerprint density at radius 3 is 2.74 bits per heavy atom. The molecule has 1 aliphatic carbocycles. The van der Waals surface area contributed by atoms with Gasteiger partial charge in [0.05, 0.1) is 0 Å². The molecule has 0 unspecified atom stereocenters. The SMILES string of the molecule is N[C@@]1(C(=O)O)c2ccccc2C[C@@H]1CCCB(O)O. The number of hydrogen-bond donors (Lipinski definition) is 4. The fraction of sp³-hybridized carbons (Fsp3) is 0.462. The third-order valence-corrected chi connectivity index (χ3v) is 3.94. The zero-order valence-corrected chi connectivity index (χ0v) is 10.6. The Bertz CT molecular complexity index is 479. The van der Waals surface area contributed by atoms with Crippen molar-refractivity contribution in [1.82, 2.24) is 0 Å². The van der Waals surface area contributed by atoms with Gasteiger partial charge in [-0.3, -0.25) is 0 Å². The maximum atomic E-state index is 11.6. The minimum Gasteiger partial charge on any atom is -0.480 e. The summed E-state index contributed by atoms with van der Waals surface area (Å²) in [4.78, 5) is 11.6.